The number of fused-ring (bicyclic) bond motifs is 2. The van der Waals surface area contributed by atoms with Crippen molar-refractivity contribution >= 4 is 8.58 Å². The van der Waals surface area contributed by atoms with Gasteiger partial charge in [-0.05, 0) is 37.0 Å². The van der Waals surface area contributed by atoms with Gasteiger partial charge in [0.25, 0.3) is 0 Å². The van der Waals surface area contributed by atoms with E-state index in [-0.39, 0.29) is 0 Å². The number of rotatable bonds is 0. The third kappa shape index (κ3) is 0.606. The Bertz CT molecular complexity index is 62.2. The molecule has 0 spiro atoms. The van der Waals surface area contributed by atoms with Crippen LogP contribution in [0.4, 0.5) is 0 Å². The summed E-state index contributed by atoms with van der Waals surface area (Å²) >= 11 is 0. The van der Waals surface area contributed by atoms with Crippen molar-refractivity contribution in [2.75, 3.05) is 0 Å². The molecule has 0 N–H and O–H groups in total. The summed E-state index contributed by atoms with van der Waals surface area (Å²) in [7, 11) is 1.28. The topological polar surface area (TPSA) is 0 Å². The summed E-state index contributed by atoms with van der Waals surface area (Å²) in [5, 5.41) is 0. The molecule has 0 nitrogen and oxygen atoms in total. The molecule has 2 fully saturated rings. The summed E-state index contributed by atoms with van der Waals surface area (Å²) in [6, 6.07) is 0. The molecule has 2 aliphatic heterocycles. The summed E-state index contributed by atoms with van der Waals surface area (Å²) in [6.45, 7) is 0. The second-order valence-electron chi connectivity index (χ2n) is 2.52. The molecule has 1 unspecified atom stereocenters. The fourth-order valence-electron chi connectivity index (χ4n) is 1.54. The second-order valence-corrected chi connectivity index (χ2v) is 4.33. The molecule has 1 atom stereocenters. The first kappa shape index (κ1) is 4.32. The van der Waals surface area contributed by atoms with Crippen LogP contribution in [0, 0.1) is 5.66 Å². The molecule has 0 amide bonds. The van der Waals surface area contributed by atoms with Crippen LogP contribution in [0.3, 0.4) is 0 Å². The fraction of sp³-hybridized carbons (Fsp3) is 0.833. The van der Waals surface area contributed by atoms with E-state index < -0.39 is 0 Å². The largest absolute Gasteiger partial charge is 0.112 e. The van der Waals surface area contributed by atoms with Crippen LogP contribution in [0.2, 0.25) is 0 Å². The van der Waals surface area contributed by atoms with Crippen LogP contribution in [-0.2, 0) is 0 Å². The zero-order valence-electron chi connectivity index (χ0n) is 4.41. The van der Waals surface area contributed by atoms with Gasteiger partial charge in [0.2, 0.25) is 0 Å². The molecule has 7 heavy (non-hydrogen) atoms. The van der Waals surface area contributed by atoms with Crippen LogP contribution in [-0.4, -0.2) is 5.66 Å². The molecule has 0 saturated carbocycles. The highest BCUT2D eigenvalue weighted by Gasteiger charge is 2.31. The van der Waals surface area contributed by atoms with Crippen molar-refractivity contribution in [1.29, 1.82) is 0 Å². The highest BCUT2D eigenvalue weighted by atomic mass is 31.1. The van der Waals surface area contributed by atoms with Crippen LogP contribution in [0.15, 0.2) is 0 Å². The summed E-state index contributed by atoms with van der Waals surface area (Å²) < 4.78 is 0. The molecule has 0 aromatic heterocycles. The first-order valence-corrected chi connectivity index (χ1v) is 4.14. The molecule has 39 valence electrons. The van der Waals surface area contributed by atoms with Gasteiger partial charge in [-0.1, -0.05) is 0 Å². The maximum absolute atomic E-state index is 1.89. The molecular weight excluding hydrogens is 103 g/mol. The quantitative estimate of drug-likeness (QED) is 0.422. The third-order valence-corrected chi connectivity index (χ3v) is 3.89. The maximum atomic E-state index is 1.89. The van der Waals surface area contributed by atoms with Gasteiger partial charge in [0, 0.05) is 0 Å². The molecule has 2 saturated heterocycles. The van der Waals surface area contributed by atoms with E-state index in [4.69, 9.17) is 0 Å². The molecule has 2 aliphatic rings. The van der Waals surface area contributed by atoms with Gasteiger partial charge in [-0.2, -0.15) is 0 Å². The SMILES string of the molecule is C1CC2CC[C]1P2. The first-order chi connectivity index (χ1) is 3.45. The predicted molar refractivity (Wildman–Crippen MR) is 33.8 cm³/mol. The Morgan fingerprint density at radius 2 is 2.00 bits per heavy atom. The molecule has 1 heteroatoms. The van der Waals surface area contributed by atoms with E-state index >= 15 is 0 Å². The lowest BCUT2D eigenvalue weighted by Crippen LogP contribution is -1.94. The van der Waals surface area contributed by atoms with Crippen molar-refractivity contribution in [3.8, 4) is 0 Å². The van der Waals surface area contributed by atoms with Gasteiger partial charge in [-0.15, -0.1) is 8.58 Å². The molecular formula is C6H10P. The van der Waals surface area contributed by atoms with Crippen molar-refractivity contribution in [2.45, 2.75) is 31.3 Å². The van der Waals surface area contributed by atoms with Crippen LogP contribution in [0.1, 0.15) is 25.7 Å². The van der Waals surface area contributed by atoms with Crippen molar-refractivity contribution in [1.82, 2.24) is 0 Å². The molecule has 2 rings (SSSR count). The van der Waals surface area contributed by atoms with Crippen molar-refractivity contribution in [3.05, 3.63) is 5.66 Å². The van der Waals surface area contributed by atoms with E-state index in [0.29, 0.717) is 0 Å². The van der Waals surface area contributed by atoms with E-state index in [1.165, 1.54) is 34.3 Å². The highest BCUT2D eigenvalue weighted by Crippen LogP contribution is 2.56. The zero-order valence-corrected chi connectivity index (χ0v) is 5.41. The van der Waals surface area contributed by atoms with Crippen molar-refractivity contribution < 1.29 is 0 Å². The summed E-state index contributed by atoms with van der Waals surface area (Å²) in [5.74, 6) is 0. The number of hydrogen-bond acceptors (Lipinski definition) is 0. The molecule has 0 aromatic carbocycles. The average molecular weight is 113 g/mol. The van der Waals surface area contributed by atoms with Gasteiger partial charge in [-0.25, -0.2) is 0 Å². The minimum Gasteiger partial charge on any atom is -0.112 e. The van der Waals surface area contributed by atoms with E-state index in [1.54, 1.807) is 0 Å². The Morgan fingerprint density at radius 1 is 1.29 bits per heavy atom. The minimum atomic E-state index is 1.16. The fourth-order valence-corrected chi connectivity index (χ4v) is 3.28. The van der Waals surface area contributed by atoms with Gasteiger partial charge in [0.1, 0.15) is 0 Å². The molecule has 0 aliphatic carbocycles. The molecule has 2 bridgehead atoms. The zero-order chi connectivity index (χ0) is 4.69. The average Bonchev–Trinajstić information content (AvgIpc) is 2.22. The summed E-state index contributed by atoms with van der Waals surface area (Å²) in [5.41, 5.74) is 3.06. The highest BCUT2D eigenvalue weighted by molar-refractivity contribution is 7.43. The van der Waals surface area contributed by atoms with Gasteiger partial charge in [-0.3, -0.25) is 0 Å². The lowest BCUT2D eigenvalue weighted by Gasteiger charge is -2.03. The van der Waals surface area contributed by atoms with Gasteiger partial charge < -0.3 is 0 Å². The lowest BCUT2D eigenvalue weighted by molar-refractivity contribution is 0.636. The van der Waals surface area contributed by atoms with E-state index in [9.17, 15) is 0 Å². The molecule has 0 aromatic rings. The Labute approximate surface area is 46.5 Å². The first-order valence-electron chi connectivity index (χ1n) is 3.06. The van der Waals surface area contributed by atoms with Gasteiger partial charge >= 0.3 is 0 Å². The van der Waals surface area contributed by atoms with Crippen LogP contribution in [0.25, 0.3) is 0 Å². The minimum absolute atomic E-state index is 1.16. The monoisotopic (exact) mass is 113 g/mol. The van der Waals surface area contributed by atoms with Crippen LogP contribution >= 0.6 is 8.58 Å². The van der Waals surface area contributed by atoms with E-state index in [1.807, 2.05) is 5.66 Å². The number of hydrogen-bond donors (Lipinski definition) is 0. The summed E-state index contributed by atoms with van der Waals surface area (Å²) in [6.07, 6.45) is 6.05. The Balaban J connectivity index is 2.12. The standard InChI is InChI=1S/C6H10P/c1-2-6-4-3-5(1)7-6/h5,7H,1-4H2. The van der Waals surface area contributed by atoms with Gasteiger partial charge in [0.15, 0.2) is 0 Å². The lowest BCUT2D eigenvalue weighted by atomic mass is 10.0. The Kier molecular flexibility index (Phi) is 0.896. The van der Waals surface area contributed by atoms with Crippen molar-refractivity contribution in [3.63, 3.8) is 0 Å². The second kappa shape index (κ2) is 1.45. The summed E-state index contributed by atoms with van der Waals surface area (Å²) in [4.78, 5) is 0. The van der Waals surface area contributed by atoms with Crippen LogP contribution in [0.5, 0.6) is 0 Å². The normalized spacial score (nSPS) is 43.7. The Hall–Kier alpha value is 0.430. The predicted octanol–water partition coefficient (Wildman–Crippen LogP) is 2.15. The smallest absolute Gasteiger partial charge is 0.00257 e. The van der Waals surface area contributed by atoms with Crippen molar-refractivity contribution in [2.24, 2.45) is 0 Å². The van der Waals surface area contributed by atoms with Gasteiger partial charge in [0.05, 0.1) is 0 Å². The molecule has 1 radical (unpaired) electrons. The Morgan fingerprint density at radius 3 is 2.14 bits per heavy atom. The van der Waals surface area contributed by atoms with Crippen LogP contribution < -0.4 is 0 Å². The van der Waals surface area contributed by atoms with E-state index in [0.717, 1.165) is 5.66 Å². The third-order valence-electron chi connectivity index (χ3n) is 2.00. The van der Waals surface area contributed by atoms with E-state index in [2.05, 4.69) is 0 Å². The molecule has 2 heterocycles. The maximum Gasteiger partial charge on any atom is -0.00257 e.